The molecule has 3 N–H and O–H groups in total. The van der Waals surface area contributed by atoms with Gasteiger partial charge >= 0.3 is 0 Å². The zero-order valence-electron chi connectivity index (χ0n) is 13.0. The summed E-state index contributed by atoms with van der Waals surface area (Å²) in [5, 5.41) is 15.5. The molecule has 122 valence electrons. The number of carbonyl (C=O) groups is 2. The fourth-order valence-corrected chi connectivity index (χ4v) is 2.71. The molecule has 0 spiro atoms. The number of nitrogens with one attached hydrogen (secondary N) is 2. The Balaban J connectivity index is 1.97. The second kappa shape index (κ2) is 7.45. The molecule has 1 saturated carbocycles. The van der Waals surface area contributed by atoms with Crippen molar-refractivity contribution >= 4 is 11.8 Å². The van der Waals surface area contributed by atoms with E-state index in [0.29, 0.717) is 6.42 Å². The van der Waals surface area contributed by atoms with E-state index in [2.05, 4.69) is 10.6 Å². The van der Waals surface area contributed by atoms with Crippen LogP contribution >= 0.6 is 0 Å². The Hall–Kier alpha value is -1.82. The predicted molar refractivity (Wildman–Crippen MR) is 81.2 cm³/mol. The Kier molecular flexibility index (Phi) is 5.60. The van der Waals surface area contributed by atoms with Gasteiger partial charge in [0.2, 0.25) is 5.91 Å². The van der Waals surface area contributed by atoms with Crippen molar-refractivity contribution in [3.05, 3.63) is 24.2 Å². The van der Waals surface area contributed by atoms with Gasteiger partial charge in [-0.05, 0) is 30.9 Å². The van der Waals surface area contributed by atoms with Crippen LogP contribution in [0.3, 0.4) is 0 Å². The normalized spacial score (nSPS) is 23.1. The molecule has 2 rings (SSSR count). The van der Waals surface area contributed by atoms with E-state index in [1.165, 1.54) is 6.26 Å². The highest BCUT2D eigenvalue weighted by Crippen LogP contribution is 2.18. The molecule has 1 aliphatic rings. The molecule has 0 radical (unpaired) electrons. The molecular formula is C16H24N2O4. The molecule has 0 aromatic carbocycles. The minimum Gasteiger partial charge on any atom is -0.459 e. The molecule has 0 bridgehead atoms. The maximum absolute atomic E-state index is 12.4. The zero-order chi connectivity index (χ0) is 16.1. The summed E-state index contributed by atoms with van der Waals surface area (Å²) in [7, 11) is 0. The summed E-state index contributed by atoms with van der Waals surface area (Å²) in [6.45, 7) is 3.73. The zero-order valence-corrected chi connectivity index (χ0v) is 13.0. The smallest absolute Gasteiger partial charge is 0.287 e. The lowest BCUT2D eigenvalue weighted by atomic mass is 9.92. The predicted octanol–water partition coefficient (Wildman–Crippen LogP) is 1.45. The fraction of sp³-hybridized carbons (Fsp3) is 0.625. The number of aliphatic hydroxyl groups excluding tert-OH is 1. The lowest BCUT2D eigenvalue weighted by molar-refractivity contribution is -0.125. The topological polar surface area (TPSA) is 91.6 Å². The van der Waals surface area contributed by atoms with Gasteiger partial charge in [-0.3, -0.25) is 9.59 Å². The number of amides is 2. The van der Waals surface area contributed by atoms with Gasteiger partial charge in [-0.1, -0.05) is 26.7 Å². The van der Waals surface area contributed by atoms with Crippen LogP contribution in [0.4, 0.5) is 0 Å². The van der Waals surface area contributed by atoms with Crippen molar-refractivity contribution in [1.29, 1.82) is 0 Å². The number of hydrogen-bond donors (Lipinski definition) is 3. The molecule has 1 aliphatic carbocycles. The second-order valence-corrected chi connectivity index (χ2v) is 6.14. The van der Waals surface area contributed by atoms with Gasteiger partial charge in [-0.25, -0.2) is 0 Å². The Morgan fingerprint density at radius 2 is 2.05 bits per heavy atom. The molecule has 1 heterocycles. The maximum atomic E-state index is 12.4. The molecule has 1 aromatic heterocycles. The average molecular weight is 308 g/mol. The Labute approximate surface area is 130 Å². The SMILES string of the molecule is CC(C)C(NC(=O)c1ccco1)C(=O)NC1CCCCC1O. The van der Waals surface area contributed by atoms with E-state index in [-0.39, 0.29) is 23.6 Å². The summed E-state index contributed by atoms with van der Waals surface area (Å²) in [5.74, 6) is -0.570. The highest BCUT2D eigenvalue weighted by molar-refractivity contribution is 5.95. The summed E-state index contributed by atoms with van der Waals surface area (Å²) in [5.41, 5.74) is 0. The molecule has 1 aromatic rings. The number of rotatable bonds is 5. The Bertz CT molecular complexity index is 498. The van der Waals surface area contributed by atoms with E-state index < -0.39 is 18.1 Å². The molecule has 22 heavy (non-hydrogen) atoms. The van der Waals surface area contributed by atoms with Crippen molar-refractivity contribution in [2.24, 2.45) is 5.92 Å². The number of aliphatic hydroxyl groups is 1. The van der Waals surface area contributed by atoms with Crippen molar-refractivity contribution in [2.75, 3.05) is 0 Å². The summed E-state index contributed by atoms with van der Waals surface area (Å²) in [6.07, 6.45) is 4.35. The summed E-state index contributed by atoms with van der Waals surface area (Å²) < 4.78 is 5.04. The molecule has 3 unspecified atom stereocenters. The van der Waals surface area contributed by atoms with Crippen molar-refractivity contribution in [3.63, 3.8) is 0 Å². The van der Waals surface area contributed by atoms with Crippen LogP contribution in [-0.2, 0) is 4.79 Å². The van der Waals surface area contributed by atoms with Gasteiger partial charge in [0.05, 0.1) is 18.4 Å². The fourth-order valence-electron chi connectivity index (χ4n) is 2.71. The number of hydrogen-bond acceptors (Lipinski definition) is 4. The van der Waals surface area contributed by atoms with E-state index in [1.54, 1.807) is 12.1 Å². The monoisotopic (exact) mass is 308 g/mol. The van der Waals surface area contributed by atoms with Crippen LogP contribution in [0, 0.1) is 5.92 Å². The van der Waals surface area contributed by atoms with E-state index in [1.807, 2.05) is 13.8 Å². The van der Waals surface area contributed by atoms with Gasteiger partial charge in [0.1, 0.15) is 6.04 Å². The maximum Gasteiger partial charge on any atom is 0.287 e. The van der Waals surface area contributed by atoms with E-state index in [0.717, 1.165) is 19.3 Å². The van der Waals surface area contributed by atoms with Crippen molar-refractivity contribution in [3.8, 4) is 0 Å². The molecule has 3 atom stereocenters. The van der Waals surface area contributed by atoms with E-state index in [4.69, 9.17) is 4.42 Å². The first-order valence-electron chi connectivity index (χ1n) is 7.82. The van der Waals surface area contributed by atoms with Crippen molar-refractivity contribution in [1.82, 2.24) is 10.6 Å². The number of carbonyl (C=O) groups excluding carboxylic acids is 2. The summed E-state index contributed by atoms with van der Waals surface area (Å²) in [4.78, 5) is 24.5. The highest BCUT2D eigenvalue weighted by atomic mass is 16.3. The largest absolute Gasteiger partial charge is 0.459 e. The van der Waals surface area contributed by atoms with Gasteiger partial charge in [-0.2, -0.15) is 0 Å². The third-order valence-corrected chi connectivity index (χ3v) is 4.04. The molecule has 0 aliphatic heterocycles. The van der Waals surface area contributed by atoms with Gasteiger partial charge in [-0.15, -0.1) is 0 Å². The molecular weight excluding hydrogens is 284 g/mol. The standard InChI is InChI=1S/C16H24N2O4/c1-10(2)14(18-15(20)13-8-5-9-22-13)16(21)17-11-6-3-4-7-12(11)19/h5,8-12,14,19H,3-4,6-7H2,1-2H3,(H,17,21)(H,18,20). The van der Waals surface area contributed by atoms with Crippen LogP contribution in [0.2, 0.25) is 0 Å². The minimum atomic E-state index is -0.660. The van der Waals surface area contributed by atoms with Crippen LogP contribution in [0.25, 0.3) is 0 Å². The van der Waals surface area contributed by atoms with E-state index >= 15 is 0 Å². The second-order valence-electron chi connectivity index (χ2n) is 6.14. The Morgan fingerprint density at radius 3 is 2.64 bits per heavy atom. The first-order valence-corrected chi connectivity index (χ1v) is 7.82. The van der Waals surface area contributed by atoms with Gasteiger partial charge in [0.25, 0.3) is 5.91 Å². The molecule has 1 fully saturated rings. The van der Waals surface area contributed by atoms with Crippen LogP contribution in [0.15, 0.2) is 22.8 Å². The lowest BCUT2D eigenvalue weighted by Gasteiger charge is -2.31. The van der Waals surface area contributed by atoms with Gasteiger partial charge in [0, 0.05) is 0 Å². The van der Waals surface area contributed by atoms with Crippen LogP contribution in [-0.4, -0.2) is 35.1 Å². The summed E-state index contributed by atoms with van der Waals surface area (Å²) in [6, 6.07) is 2.28. The summed E-state index contributed by atoms with van der Waals surface area (Å²) >= 11 is 0. The van der Waals surface area contributed by atoms with Crippen molar-refractivity contribution < 1.29 is 19.1 Å². The molecule has 6 nitrogen and oxygen atoms in total. The van der Waals surface area contributed by atoms with Crippen molar-refractivity contribution in [2.45, 2.75) is 57.7 Å². The molecule has 2 amide bonds. The quantitative estimate of drug-likeness (QED) is 0.768. The first kappa shape index (κ1) is 16.5. The third kappa shape index (κ3) is 4.10. The van der Waals surface area contributed by atoms with Gasteiger partial charge in [0.15, 0.2) is 5.76 Å². The molecule has 0 saturated heterocycles. The highest BCUT2D eigenvalue weighted by Gasteiger charge is 2.30. The van der Waals surface area contributed by atoms with Crippen LogP contribution in [0.5, 0.6) is 0 Å². The Morgan fingerprint density at radius 1 is 1.32 bits per heavy atom. The van der Waals surface area contributed by atoms with E-state index in [9.17, 15) is 14.7 Å². The number of furan rings is 1. The minimum absolute atomic E-state index is 0.0698. The van der Waals surface area contributed by atoms with Crippen LogP contribution < -0.4 is 10.6 Å². The average Bonchev–Trinajstić information content (AvgIpc) is 3.00. The first-order chi connectivity index (χ1) is 10.5. The van der Waals surface area contributed by atoms with Crippen LogP contribution in [0.1, 0.15) is 50.1 Å². The molecule has 6 heteroatoms. The van der Waals surface area contributed by atoms with Gasteiger partial charge < -0.3 is 20.2 Å². The lowest BCUT2D eigenvalue weighted by Crippen LogP contribution is -2.54. The third-order valence-electron chi connectivity index (χ3n) is 4.04.